The maximum absolute atomic E-state index is 6.04. The van der Waals surface area contributed by atoms with Gasteiger partial charge in [0.2, 0.25) is 0 Å². The molecule has 0 bridgehead atoms. The minimum atomic E-state index is 0.250. The van der Waals surface area contributed by atoms with Gasteiger partial charge in [-0.1, -0.05) is 34.8 Å². The lowest BCUT2D eigenvalue weighted by Gasteiger charge is -2.30. The van der Waals surface area contributed by atoms with Crippen LogP contribution in [0.5, 0.6) is 0 Å². The smallest absolute Gasteiger partial charge is 0.0207 e. The number of aryl methyl sites for hydroxylation is 2. The van der Waals surface area contributed by atoms with E-state index < -0.39 is 0 Å². The highest BCUT2D eigenvalue weighted by Gasteiger charge is 2.35. The zero-order valence-corrected chi connectivity index (χ0v) is 11.7. The highest BCUT2D eigenvalue weighted by Crippen LogP contribution is 2.42. The van der Waals surface area contributed by atoms with Crippen LogP contribution in [0, 0.1) is 13.8 Å². The van der Waals surface area contributed by atoms with Gasteiger partial charge in [-0.05, 0) is 49.4 Å². The molecule has 0 atom stereocenters. The van der Waals surface area contributed by atoms with Crippen LogP contribution in [0.2, 0.25) is 0 Å². The van der Waals surface area contributed by atoms with Gasteiger partial charge in [0, 0.05) is 16.4 Å². The fourth-order valence-corrected chi connectivity index (χ4v) is 3.38. The van der Waals surface area contributed by atoms with Crippen LogP contribution in [0.4, 0.5) is 0 Å². The Kier molecular flexibility index (Phi) is 3.41. The molecule has 1 fully saturated rings. The molecule has 2 heteroatoms. The lowest BCUT2D eigenvalue weighted by molar-refractivity contribution is 0.450. The molecule has 1 nitrogen and oxygen atoms in total. The Balaban J connectivity index is 2.50. The molecule has 0 aliphatic heterocycles. The van der Waals surface area contributed by atoms with E-state index >= 15 is 0 Å². The third kappa shape index (κ3) is 1.93. The van der Waals surface area contributed by atoms with Crippen molar-refractivity contribution in [2.75, 3.05) is 6.54 Å². The summed E-state index contributed by atoms with van der Waals surface area (Å²) < 4.78 is 1.22. The van der Waals surface area contributed by atoms with Crippen molar-refractivity contribution in [1.82, 2.24) is 0 Å². The van der Waals surface area contributed by atoms with Crippen LogP contribution in [0.3, 0.4) is 0 Å². The lowest BCUT2D eigenvalue weighted by atomic mass is 9.76. The van der Waals surface area contributed by atoms with E-state index in [9.17, 15) is 0 Å². The molecule has 1 saturated carbocycles. The van der Waals surface area contributed by atoms with Gasteiger partial charge in [-0.2, -0.15) is 0 Å². The maximum Gasteiger partial charge on any atom is 0.0207 e. The van der Waals surface area contributed by atoms with Crippen molar-refractivity contribution in [2.45, 2.75) is 44.9 Å². The van der Waals surface area contributed by atoms with Gasteiger partial charge in [0.1, 0.15) is 0 Å². The first-order valence-electron chi connectivity index (χ1n) is 6.06. The van der Waals surface area contributed by atoms with Gasteiger partial charge in [-0.15, -0.1) is 0 Å². The molecule has 88 valence electrons. The molecule has 1 aliphatic carbocycles. The van der Waals surface area contributed by atoms with Crippen molar-refractivity contribution in [1.29, 1.82) is 0 Å². The summed E-state index contributed by atoms with van der Waals surface area (Å²) in [5.41, 5.74) is 10.5. The molecule has 0 spiro atoms. The first-order valence-corrected chi connectivity index (χ1v) is 6.86. The lowest BCUT2D eigenvalue weighted by Crippen LogP contribution is -2.32. The minimum absolute atomic E-state index is 0.250. The van der Waals surface area contributed by atoms with Crippen molar-refractivity contribution in [3.63, 3.8) is 0 Å². The molecule has 0 unspecified atom stereocenters. The summed E-state index contributed by atoms with van der Waals surface area (Å²) in [6.45, 7) is 5.14. The molecule has 0 radical (unpaired) electrons. The summed E-state index contributed by atoms with van der Waals surface area (Å²) in [6.07, 6.45) is 5.14. The van der Waals surface area contributed by atoms with Gasteiger partial charge in [-0.3, -0.25) is 0 Å². The average Bonchev–Trinajstić information content (AvgIpc) is 2.73. The Bertz CT molecular complexity index is 392. The standard InChI is InChI=1S/C14H20BrN/c1-10-7-11(2)13(15)8-12(10)14(9-16)5-3-4-6-14/h7-8H,3-6,9,16H2,1-2H3. The molecule has 16 heavy (non-hydrogen) atoms. The van der Waals surface area contributed by atoms with E-state index in [-0.39, 0.29) is 5.41 Å². The van der Waals surface area contributed by atoms with Crippen LogP contribution in [0.25, 0.3) is 0 Å². The summed E-state index contributed by atoms with van der Waals surface area (Å²) in [6, 6.07) is 4.57. The average molecular weight is 282 g/mol. The van der Waals surface area contributed by atoms with Crippen LogP contribution in [-0.4, -0.2) is 6.54 Å². The SMILES string of the molecule is Cc1cc(C)c(C2(CN)CCCC2)cc1Br. The highest BCUT2D eigenvalue weighted by molar-refractivity contribution is 9.10. The zero-order chi connectivity index (χ0) is 11.8. The Morgan fingerprint density at radius 3 is 2.38 bits per heavy atom. The number of rotatable bonds is 2. The van der Waals surface area contributed by atoms with E-state index in [0.717, 1.165) is 6.54 Å². The molecule has 2 rings (SSSR count). The van der Waals surface area contributed by atoms with Gasteiger partial charge in [-0.25, -0.2) is 0 Å². The molecular formula is C14H20BrN. The predicted molar refractivity (Wildman–Crippen MR) is 72.8 cm³/mol. The second-order valence-electron chi connectivity index (χ2n) is 5.11. The Labute approximate surface area is 107 Å². The molecule has 2 N–H and O–H groups in total. The summed E-state index contributed by atoms with van der Waals surface area (Å²) in [4.78, 5) is 0. The summed E-state index contributed by atoms with van der Waals surface area (Å²) in [7, 11) is 0. The van der Waals surface area contributed by atoms with Gasteiger partial charge >= 0.3 is 0 Å². The number of hydrogen-bond acceptors (Lipinski definition) is 1. The molecule has 1 aromatic carbocycles. The summed E-state index contributed by atoms with van der Waals surface area (Å²) >= 11 is 3.64. The number of hydrogen-bond donors (Lipinski definition) is 1. The van der Waals surface area contributed by atoms with E-state index in [1.54, 1.807) is 0 Å². The number of nitrogens with two attached hydrogens (primary N) is 1. The van der Waals surface area contributed by atoms with Crippen molar-refractivity contribution < 1.29 is 0 Å². The van der Waals surface area contributed by atoms with Crippen LogP contribution in [0.15, 0.2) is 16.6 Å². The molecule has 1 aliphatic rings. The predicted octanol–water partition coefficient (Wildman–Crippen LogP) is 3.84. The first-order chi connectivity index (χ1) is 7.59. The summed E-state index contributed by atoms with van der Waals surface area (Å²) in [5.74, 6) is 0. The quantitative estimate of drug-likeness (QED) is 0.876. The Morgan fingerprint density at radius 1 is 1.19 bits per heavy atom. The van der Waals surface area contributed by atoms with E-state index in [4.69, 9.17) is 5.73 Å². The monoisotopic (exact) mass is 281 g/mol. The van der Waals surface area contributed by atoms with E-state index in [1.165, 1.54) is 46.8 Å². The summed E-state index contributed by atoms with van der Waals surface area (Å²) in [5, 5.41) is 0. The molecule has 0 heterocycles. The zero-order valence-electron chi connectivity index (χ0n) is 10.1. The van der Waals surface area contributed by atoms with Gasteiger partial charge in [0.15, 0.2) is 0 Å². The molecule has 0 amide bonds. The maximum atomic E-state index is 6.04. The molecule has 0 aromatic heterocycles. The van der Waals surface area contributed by atoms with Crippen molar-refractivity contribution in [3.8, 4) is 0 Å². The third-order valence-electron chi connectivity index (χ3n) is 4.03. The van der Waals surface area contributed by atoms with Crippen LogP contribution >= 0.6 is 15.9 Å². The van der Waals surface area contributed by atoms with E-state index in [0.29, 0.717) is 0 Å². The van der Waals surface area contributed by atoms with E-state index in [1.807, 2.05) is 0 Å². The van der Waals surface area contributed by atoms with Crippen LogP contribution < -0.4 is 5.73 Å². The minimum Gasteiger partial charge on any atom is -0.330 e. The van der Waals surface area contributed by atoms with Crippen LogP contribution in [-0.2, 0) is 5.41 Å². The van der Waals surface area contributed by atoms with Gasteiger partial charge < -0.3 is 5.73 Å². The number of benzene rings is 1. The van der Waals surface area contributed by atoms with Crippen LogP contribution in [0.1, 0.15) is 42.4 Å². The second kappa shape index (κ2) is 4.50. The largest absolute Gasteiger partial charge is 0.330 e. The third-order valence-corrected chi connectivity index (χ3v) is 4.88. The molecular weight excluding hydrogens is 262 g/mol. The van der Waals surface area contributed by atoms with Crippen molar-refractivity contribution in [3.05, 3.63) is 33.3 Å². The number of halogens is 1. The fraction of sp³-hybridized carbons (Fsp3) is 0.571. The molecule has 0 saturated heterocycles. The van der Waals surface area contributed by atoms with Gasteiger partial charge in [0.25, 0.3) is 0 Å². The Hall–Kier alpha value is -0.340. The first kappa shape index (κ1) is 12.1. The van der Waals surface area contributed by atoms with E-state index in [2.05, 4.69) is 41.9 Å². The second-order valence-corrected chi connectivity index (χ2v) is 5.96. The highest BCUT2D eigenvalue weighted by atomic mass is 79.9. The van der Waals surface area contributed by atoms with Crippen molar-refractivity contribution >= 4 is 15.9 Å². The fourth-order valence-electron chi connectivity index (χ4n) is 3.03. The van der Waals surface area contributed by atoms with Crippen molar-refractivity contribution in [2.24, 2.45) is 5.73 Å². The normalized spacial score (nSPS) is 19.0. The van der Waals surface area contributed by atoms with Gasteiger partial charge in [0.05, 0.1) is 0 Å². The molecule has 1 aromatic rings. The Morgan fingerprint density at radius 2 is 1.81 bits per heavy atom. The topological polar surface area (TPSA) is 26.0 Å².